The van der Waals surface area contributed by atoms with Crippen molar-refractivity contribution in [3.05, 3.63) is 0 Å². The molecule has 0 aromatic heterocycles. The van der Waals surface area contributed by atoms with Gasteiger partial charge in [-0.15, -0.1) is 0 Å². The molecule has 1 saturated heterocycles. The summed E-state index contributed by atoms with van der Waals surface area (Å²) in [5.74, 6) is 0.606. The standard InChI is InChI=1S/C12H26N2/c1-4-11-7-5-6-8-14(11)9-12(13)10(2)3/h10-12H,4-9,13H2,1-3H3. The first-order valence-electron chi connectivity index (χ1n) is 6.14. The van der Waals surface area contributed by atoms with Gasteiger partial charge in [-0.25, -0.2) is 0 Å². The lowest BCUT2D eigenvalue weighted by atomic mass is 9.97. The van der Waals surface area contributed by atoms with Crippen LogP contribution >= 0.6 is 0 Å². The third-order valence-electron chi connectivity index (χ3n) is 3.52. The van der Waals surface area contributed by atoms with E-state index in [4.69, 9.17) is 5.73 Å². The van der Waals surface area contributed by atoms with Crippen molar-refractivity contribution in [2.45, 2.75) is 58.5 Å². The summed E-state index contributed by atoms with van der Waals surface area (Å²) in [6, 6.07) is 1.15. The molecular formula is C12H26N2. The van der Waals surface area contributed by atoms with Crippen LogP contribution in [0.2, 0.25) is 0 Å². The van der Waals surface area contributed by atoms with Gasteiger partial charge in [-0.1, -0.05) is 27.2 Å². The molecule has 84 valence electrons. The van der Waals surface area contributed by atoms with Crippen molar-refractivity contribution in [2.24, 2.45) is 11.7 Å². The van der Waals surface area contributed by atoms with Gasteiger partial charge in [0.1, 0.15) is 0 Å². The Kier molecular flexibility index (Phi) is 4.90. The number of likely N-dealkylation sites (tertiary alicyclic amines) is 1. The van der Waals surface area contributed by atoms with Crippen LogP contribution in [-0.4, -0.2) is 30.1 Å². The minimum absolute atomic E-state index is 0.349. The third-order valence-corrected chi connectivity index (χ3v) is 3.52. The van der Waals surface area contributed by atoms with Crippen molar-refractivity contribution < 1.29 is 0 Å². The Morgan fingerprint density at radius 1 is 1.36 bits per heavy atom. The van der Waals surface area contributed by atoms with Crippen molar-refractivity contribution in [1.29, 1.82) is 0 Å². The van der Waals surface area contributed by atoms with Crippen LogP contribution in [0.5, 0.6) is 0 Å². The summed E-state index contributed by atoms with van der Waals surface area (Å²) in [5.41, 5.74) is 6.12. The van der Waals surface area contributed by atoms with Crippen LogP contribution in [0.15, 0.2) is 0 Å². The van der Waals surface area contributed by atoms with Gasteiger partial charge in [0.05, 0.1) is 0 Å². The fraction of sp³-hybridized carbons (Fsp3) is 1.00. The maximum Gasteiger partial charge on any atom is 0.0191 e. The van der Waals surface area contributed by atoms with Crippen LogP contribution in [-0.2, 0) is 0 Å². The predicted molar refractivity (Wildman–Crippen MR) is 62.3 cm³/mol. The molecule has 0 amide bonds. The normalized spacial score (nSPS) is 26.8. The van der Waals surface area contributed by atoms with E-state index in [2.05, 4.69) is 25.7 Å². The molecule has 1 heterocycles. The van der Waals surface area contributed by atoms with Gasteiger partial charge in [0.2, 0.25) is 0 Å². The van der Waals surface area contributed by atoms with Crippen LogP contribution in [0.3, 0.4) is 0 Å². The molecule has 0 aliphatic carbocycles. The molecule has 1 aliphatic rings. The van der Waals surface area contributed by atoms with Gasteiger partial charge < -0.3 is 5.73 Å². The maximum absolute atomic E-state index is 6.12. The lowest BCUT2D eigenvalue weighted by Gasteiger charge is -2.37. The molecule has 2 N–H and O–H groups in total. The molecule has 2 heteroatoms. The number of nitrogens with two attached hydrogens (primary N) is 1. The zero-order valence-corrected chi connectivity index (χ0v) is 10.00. The van der Waals surface area contributed by atoms with Crippen molar-refractivity contribution >= 4 is 0 Å². The summed E-state index contributed by atoms with van der Waals surface area (Å²) in [6.07, 6.45) is 5.43. The molecule has 1 fully saturated rings. The Morgan fingerprint density at radius 3 is 2.64 bits per heavy atom. The first-order chi connectivity index (χ1) is 6.65. The summed E-state index contributed by atoms with van der Waals surface area (Å²) in [7, 11) is 0. The molecular weight excluding hydrogens is 172 g/mol. The highest BCUT2D eigenvalue weighted by Crippen LogP contribution is 2.20. The van der Waals surface area contributed by atoms with E-state index in [0.29, 0.717) is 12.0 Å². The van der Waals surface area contributed by atoms with Gasteiger partial charge in [0.15, 0.2) is 0 Å². The largest absolute Gasteiger partial charge is 0.326 e. The van der Waals surface area contributed by atoms with E-state index in [9.17, 15) is 0 Å². The van der Waals surface area contributed by atoms with Crippen molar-refractivity contribution in [3.8, 4) is 0 Å². The molecule has 14 heavy (non-hydrogen) atoms. The van der Waals surface area contributed by atoms with E-state index >= 15 is 0 Å². The van der Waals surface area contributed by atoms with Gasteiger partial charge in [-0.05, 0) is 31.7 Å². The monoisotopic (exact) mass is 198 g/mol. The second kappa shape index (κ2) is 5.72. The van der Waals surface area contributed by atoms with E-state index in [1.54, 1.807) is 0 Å². The zero-order chi connectivity index (χ0) is 10.6. The molecule has 0 aromatic carbocycles. The van der Waals surface area contributed by atoms with E-state index in [-0.39, 0.29) is 0 Å². The zero-order valence-electron chi connectivity index (χ0n) is 10.00. The number of nitrogens with zero attached hydrogens (tertiary/aromatic N) is 1. The smallest absolute Gasteiger partial charge is 0.0191 e. The molecule has 2 unspecified atom stereocenters. The molecule has 0 radical (unpaired) electrons. The molecule has 2 atom stereocenters. The van der Waals surface area contributed by atoms with Crippen molar-refractivity contribution in [3.63, 3.8) is 0 Å². The second-order valence-corrected chi connectivity index (χ2v) is 4.96. The Morgan fingerprint density at radius 2 is 2.07 bits per heavy atom. The minimum atomic E-state index is 0.349. The lowest BCUT2D eigenvalue weighted by molar-refractivity contribution is 0.128. The predicted octanol–water partition coefficient (Wildman–Crippen LogP) is 2.23. The Bertz CT molecular complexity index is 156. The number of hydrogen-bond donors (Lipinski definition) is 1. The fourth-order valence-corrected chi connectivity index (χ4v) is 2.24. The molecule has 0 bridgehead atoms. The molecule has 2 nitrogen and oxygen atoms in total. The highest BCUT2D eigenvalue weighted by molar-refractivity contribution is 4.80. The summed E-state index contributed by atoms with van der Waals surface area (Å²) in [5, 5.41) is 0. The number of hydrogen-bond acceptors (Lipinski definition) is 2. The van der Waals surface area contributed by atoms with E-state index in [1.807, 2.05) is 0 Å². The molecule has 0 aromatic rings. The van der Waals surface area contributed by atoms with Crippen LogP contribution in [0, 0.1) is 5.92 Å². The SMILES string of the molecule is CCC1CCCCN1CC(N)C(C)C. The van der Waals surface area contributed by atoms with Crippen LogP contribution in [0.1, 0.15) is 46.5 Å². The highest BCUT2D eigenvalue weighted by atomic mass is 15.2. The lowest BCUT2D eigenvalue weighted by Crippen LogP contribution is -2.47. The van der Waals surface area contributed by atoms with E-state index in [1.165, 1.54) is 32.2 Å². The van der Waals surface area contributed by atoms with Crippen molar-refractivity contribution in [1.82, 2.24) is 4.90 Å². The first-order valence-corrected chi connectivity index (χ1v) is 6.14. The maximum atomic E-state index is 6.12. The topological polar surface area (TPSA) is 29.3 Å². The van der Waals surface area contributed by atoms with Crippen LogP contribution in [0.25, 0.3) is 0 Å². The van der Waals surface area contributed by atoms with E-state index < -0.39 is 0 Å². The fourth-order valence-electron chi connectivity index (χ4n) is 2.24. The second-order valence-electron chi connectivity index (χ2n) is 4.96. The van der Waals surface area contributed by atoms with E-state index in [0.717, 1.165) is 12.6 Å². The summed E-state index contributed by atoms with van der Waals surface area (Å²) < 4.78 is 0. The number of piperidine rings is 1. The van der Waals surface area contributed by atoms with Crippen molar-refractivity contribution in [2.75, 3.05) is 13.1 Å². The Balaban J connectivity index is 2.40. The molecule has 1 rings (SSSR count). The Hall–Kier alpha value is -0.0800. The summed E-state index contributed by atoms with van der Waals surface area (Å²) >= 11 is 0. The minimum Gasteiger partial charge on any atom is -0.326 e. The average Bonchev–Trinajstić information content (AvgIpc) is 2.18. The van der Waals surface area contributed by atoms with Gasteiger partial charge in [-0.2, -0.15) is 0 Å². The average molecular weight is 198 g/mol. The summed E-state index contributed by atoms with van der Waals surface area (Å²) in [6.45, 7) is 9.09. The first kappa shape index (κ1) is 12.0. The van der Waals surface area contributed by atoms with Gasteiger partial charge in [0, 0.05) is 18.6 Å². The van der Waals surface area contributed by atoms with Crippen LogP contribution < -0.4 is 5.73 Å². The van der Waals surface area contributed by atoms with Gasteiger partial charge in [-0.3, -0.25) is 4.90 Å². The molecule has 0 spiro atoms. The number of rotatable bonds is 4. The van der Waals surface area contributed by atoms with Gasteiger partial charge >= 0.3 is 0 Å². The highest BCUT2D eigenvalue weighted by Gasteiger charge is 2.23. The summed E-state index contributed by atoms with van der Waals surface area (Å²) in [4.78, 5) is 2.61. The Labute approximate surface area is 88.8 Å². The molecule has 1 aliphatic heterocycles. The third kappa shape index (κ3) is 3.25. The van der Waals surface area contributed by atoms with Gasteiger partial charge in [0.25, 0.3) is 0 Å². The van der Waals surface area contributed by atoms with Crippen LogP contribution in [0.4, 0.5) is 0 Å². The molecule has 0 saturated carbocycles. The quantitative estimate of drug-likeness (QED) is 0.750.